The van der Waals surface area contributed by atoms with Crippen LogP contribution in [0.5, 0.6) is 0 Å². The van der Waals surface area contributed by atoms with Crippen molar-refractivity contribution >= 4 is 42.0 Å². The summed E-state index contributed by atoms with van der Waals surface area (Å²) >= 11 is 3.59. The van der Waals surface area contributed by atoms with E-state index in [9.17, 15) is 0 Å². The van der Waals surface area contributed by atoms with Crippen LogP contribution in [-0.4, -0.2) is 31.8 Å². The van der Waals surface area contributed by atoms with E-state index in [1.807, 2.05) is 0 Å². The van der Waals surface area contributed by atoms with Gasteiger partial charge in [0.2, 0.25) is 0 Å². The van der Waals surface area contributed by atoms with Gasteiger partial charge in [-0.3, -0.25) is 0 Å². The van der Waals surface area contributed by atoms with Gasteiger partial charge in [-0.05, 0) is 0 Å². The van der Waals surface area contributed by atoms with Gasteiger partial charge < -0.3 is 0 Å². The summed E-state index contributed by atoms with van der Waals surface area (Å²) in [6.07, 6.45) is 0. The van der Waals surface area contributed by atoms with E-state index in [4.69, 9.17) is 16.8 Å². The Hall–Kier alpha value is -1.16. The van der Waals surface area contributed by atoms with Crippen LogP contribution >= 0.6 is 15.9 Å². The van der Waals surface area contributed by atoms with Gasteiger partial charge in [-0.15, -0.1) is 0 Å². The van der Waals surface area contributed by atoms with Crippen molar-refractivity contribution in [3.8, 4) is 11.1 Å². The first-order chi connectivity index (χ1) is 12.1. The molecule has 0 amide bonds. The number of benzene rings is 2. The molecule has 0 aromatic heterocycles. The zero-order valence-electron chi connectivity index (χ0n) is 15.9. The quantitative estimate of drug-likeness (QED) is 0.700. The monoisotopic (exact) mass is 407 g/mol. The van der Waals surface area contributed by atoms with Crippen LogP contribution in [0.1, 0.15) is 45.7 Å². The van der Waals surface area contributed by atoms with E-state index in [0.29, 0.717) is 0 Å². The van der Waals surface area contributed by atoms with Crippen molar-refractivity contribution in [1.82, 2.24) is 0 Å². The van der Waals surface area contributed by atoms with Crippen LogP contribution < -0.4 is 5.46 Å². The molecule has 26 heavy (non-hydrogen) atoms. The molecule has 2 nitrogen and oxygen atoms in total. The van der Waals surface area contributed by atoms with Gasteiger partial charge in [0.25, 0.3) is 0 Å². The zero-order chi connectivity index (χ0) is 18.9. The van der Waals surface area contributed by atoms with Crippen molar-refractivity contribution in [2.45, 2.75) is 51.2 Å². The summed E-state index contributed by atoms with van der Waals surface area (Å²) in [6.45, 7) is 10.5. The van der Waals surface area contributed by atoms with Crippen molar-refractivity contribution in [3.05, 3.63) is 52.0 Å². The van der Waals surface area contributed by atoms with Gasteiger partial charge in [0.1, 0.15) is 0 Å². The average molecular weight is 408 g/mol. The zero-order valence-corrected chi connectivity index (χ0v) is 17.5. The first-order valence-corrected chi connectivity index (χ1v) is 9.75. The Kier molecular flexibility index (Phi) is 3.97. The molecule has 1 heterocycles. The van der Waals surface area contributed by atoms with E-state index in [1.54, 1.807) is 5.97 Å². The second kappa shape index (κ2) is 5.67. The molecule has 2 aromatic carbocycles. The van der Waals surface area contributed by atoms with Crippen molar-refractivity contribution in [1.29, 1.82) is 0 Å². The van der Waals surface area contributed by atoms with Gasteiger partial charge >= 0.3 is 166 Å². The number of fused-ring (bicyclic) bond motifs is 3. The molecule has 2 aliphatic rings. The van der Waals surface area contributed by atoms with Gasteiger partial charge in [-0.2, -0.15) is 0 Å². The third-order valence-electron chi connectivity index (χ3n) is 6.29. The summed E-state index contributed by atoms with van der Waals surface area (Å²) < 4.78 is 13.5. The van der Waals surface area contributed by atoms with E-state index in [-0.39, 0.29) is 23.7 Å². The fourth-order valence-electron chi connectivity index (χ4n) is 3.86. The molecule has 1 saturated heterocycles. The number of rotatable bonds is 2. The predicted molar refractivity (Wildman–Crippen MR) is 114 cm³/mol. The van der Waals surface area contributed by atoms with Crippen LogP contribution in [0.3, 0.4) is 0 Å². The molecule has 1 aliphatic carbocycles. The minimum absolute atomic E-state index is 0.339. The minimum atomic E-state index is -0.372. The van der Waals surface area contributed by atoms with E-state index in [0.717, 1.165) is 9.94 Å². The molecule has 0 spiro atoms. The third kappa shape index (κ3) is 2.44. The van der Waals surface area contributed by atoms with Gasteiger partial charge in [0, 0.05) is 0 Å². The molecular weight excluding hydrogens is 386 g/mol. The Morgan fingerprint density at radius 3 is 2.00 bits per heavy atom. The van der Waals surface area contributed by atoms with Gasteiger partial charge in [0.05, 0.1) is 0 Å². The Bertz CT molecular complexity index is 906. The third-order valence-corrected chi connectivity index (χ3v) is 6.79. The van der Waals surface area contributed by atoms with Crippen LogP contribution in [-0.2, 0) is 14.7 Å². The van der Waals surface area contributed by atoms with E-state index in [2.05, 4.69) is 86.9 Å². The number of hydrogen-bond donors (Lipinski definition) is 0. The first-order valence-electron chi connectivity index (χ1n) is 8.96. The molecule has 1 unspecified atom stereocenters. The summed E-state index contributed by atoms with van der Waals surface area (Å²) in [4.78, 5) is 0. The maximum absolute atomic E-state index is 6.24. The van der Waals surface area contributed by atoms with Crippen molar-refractivity contribution in [2.24, 2.45) is 0 Å². The molecular formula is C21H22B2BrO2. The standard InChI is InChI=1S/C21H22B2BrO2/c1-19(2)20(3,4)26-23(25-19)13-6-8-15-16-9-7-14(24)11-18(16)21(5,12-22)17(15)10-13/h6-12H,1-5H3. The number of hydrogen-bond acceptors (Lipinski definition) is 2. The maximum atomic E-state index is 6.24. The Morgan fingerprint density at radius 2 is 1.42 bits per heavy atom. The summed E-state index contributed by atoms with van der Waals surface area (Å²) in [5.41, 5.74) is 4.85. The van der Waals surface area contributed by atoms with Gasteiger partial charge in [-0.1, -0.05) is 0 Å². The molecule has 0 saturated carbocycles. The molecule has 5 heteroatoms. The normalized spacial score (nSPS) is 25.0. The van der Waals surface area contributed by atoms with Crippen LogP contribution in [0.4, 0.5) is 0 Å². The predicted octanol–water partition coefficient (Wildman–Crippen LogP) is 4.01. The molecule has 0 N–H and O–H groups in total. The molecule has 1 fully saturated rings. The van der Waals surface area contributed by atoms with E-state index in [1.165, 1.54) is 22.3 Å². The van der Waals surface area contributed by atoms with Crippen molar-refractivity contribution in [3.63, 3.8) is 0 Å². The molecule has 131 valence electrons. The average Bonchev–Trinajstić information content (AvgIpc) is 2.95. The summed E-state index contributed by atoms with van der Waals surface area (Å²) in [6, 6.07) is 12.8. The Balaban J connectivity index is 1.82. The van der Waals surface area contributed by atoms with E-state index >= 15 is 0 Å². The second-order valence-corrected chi connectivity index (χ2v) is 9.37. The van der Waals surface area contributed by atoms with Gasteiger partial charge in [0.15, 0.2) is 0 Å². The SMILES string of the molecule is [B]=CC1(C)c2cc(Br)ccc2-c2ccc(B3OC(C)(C)C(C)(C)O3)cc21. The first kappa shape index (κ1) is 18.2. The van der Waals surface area contributed by atoms with Crippen LogP contribution in [0.15, 0.2) is 40.9 Å². The van der Waals surface area contributed by atoms with Crippen LogP contribution in [0, 0.1) is 0 Å². The van der Waals surface area contributed by atoms with Crippen molar-refractivity contribution in [2.75, 3.05) is 0 Å². The van der Waals surface area contributed by atoms with Crippen molar-refractivity contribution < 1.29 is 9.31 Å². The molecule has 1 radical (unpaired) electrons. The molecule has 0 bridgehead atoms. The molecule has 4 rings (SSSR count). The van der Waals surface area contributed by atoms with Gasteiger partial charge in [-0.25, -0.2) is 0 Å². The number of halogens is 1. The summed E-state index contributed by atoms with van der Waals surface area (Å²) in [7, 11) is 5.76. The van der Waals surface area contributed by atoms with E-state index < -0.39 is 0 Å². The summed E-state index contributed by atoms with van der Waals surface area (Å²) in [5, 5.41) is 0. The fourth-order valence-corrected chi connectivity index (χ4v) is 4.22. The molecule has 1 aliphatic heterocycles. The van der Waals surface area contributed by atoms with Crippen LogP contribution in [0.25, 0.3) is 11.1 Å². The second-order valence-electron chi connectivity index (χ2n) is 8.45. The molecule has 1 atom stereocenters. The topological polar surface area (TPSA) is 18.5 Å². The molecule has 2 aromatic rings. The Labute approximate surface area is 165 Å². The Morgan fingerprint density at radius 1 is 0.885 bits per heavy atom. The summed E-state index contributed by atoms with van der Waals surface area (Å²) in [5.74, 6) is 1.79. The fraction of sp³-hybridized carbons (Fsp3) is 0.381. The van der Waals surface area contributed by atoms with Crippen LogP contribution in [0.2, 0.25) is 0 Å².